The first-order valence-electron chi connectivity index (χ1n) is 13.4. The standard InChI is InChI=1S/C28H33N5O6S2/c1-3-39-28(31-2)12-15-33(41(37,38)26-7-5-4-6-22(26)19-29)24(18-28)16-21-8-9-23(20-30)27(17-21)40(35,36)32-13-10-25(34)11-14-32/h4-9,17,24,31H,3,10-16,18H2,1-2H3. The second-order valence-electron chi connectivity index (χ2n) is 10.1. The number of sulfonamides is 2. The smallest absolute Gasteiger partial charge is 0.244 e. The van der Waals surface area contributed by atoms with Gasteiger partial charge in [0.15, 0.2) is 0 Å². The molecule has 4 rings (SSSR count). The first-order chi connectivity index (χ1) is 19.5. The molecular formula is C28H33N5O6S2. The summed E-state index contributed by atoms with van der Waals surface area (Å²) >= 11 is 0. The van der Waals surface area contributed by atoms with Gasteiger partial charge >= 0.3 is 0 Å². The molecule has 41 heavy (non-hydrogen) atoms. The number of hydrogen-bond donors (Lipinski definition) is 1. The number of nitrogens with one attached hydrogen (secondary N) is 1. The van der Waals surface area contributed by atoms with Gasteiger partial charge in [0.2, 0.25) is 20.0 Å². The van der Waals surface area contributed by atoms with E-state index in [1.54, 1.807) is 25.2 Å². The number of carbonyl (C=O) groups is 1. The van der Waals surface area contributed by atoms with E-state index >= 15 is 0 Å². The second-order valence-corrected chi connectivity index (χ2v) is 13.9. The highest BCUT2D eigenvalue weighted by Gasteiger charge is 2.45. The van der Waals surface area contributed by atoms with E-state index in [2.05, 4.69) is 5.32 Å². The summed E-state index contributed by atoms with van der Waals surface area (Å²) < 4.78 is 63.5. The number of carbonyl (C=O) groups excluding carboxylic acids is 1. The zero-order valence-electron chi connectivity index (χ0n) is 23.0. The molecule has 2 fully saturated rings. The van der Waals surface area contributed by atoms with Crippen LogP contribution in [0.4, 0.5) is 0 Å². The number of benzene rings is 2. The SMILES string of the molecule is CCOC1(NC)CCN(S(=O)(=O)c2ccccc2C#N)C(Cc2ccc(C#N)c(S(=O)(=O)N3CCC(=O)CC3)c2)C1. The van der Waals surface area contributed by atoms with Crippen molar-refractivity contribution in [3.63, 3.8) is 0 Å². The van der Waals surface area contributed by atoms with Crippen molar-refractivity contribution in [1.82, 2.24) is 13.9 Å². The molecule has 11 nitrogen and oxygen atoms in total. The van der Waals surface area contributed by atoms with Crippen molar-refractivity contribution in [3.8, 4) is 12.1 Å². The van der Waals surface area contributed by atoms with Crippen LogP contribution in [-0.2, 0) is 36.0 Å². The molecular weight excluding hydrogens is 566 g/mol. The third-order valence-corrected chi connectivity index (χ3v) is 11.7. The van der Waals surface area contributed by atoms with Crippen molar-refractivity contribution >= 4 is 25.8 Å². The predicted octanol–water partition coefficient (Wildman–Crippen LogP) is 2.13. The van der Waals surface area contributed by atoms with Crippen LogP contribution in [0.15, 0.2) is 52.3 Å². The molecule has 1 N–H and O–H groups in total. The highest BCUT2D eigenvalue weighted by molar-refractivity contribution is 7.89. The van der Waals surface area contributed by atoms with Gasteiger partial charge in [-0.3, -0.25) is 10.1 Å². The number of ketones is 1. The van der Waals surface area contributed by atoms with Crippen LogP contribution in [0.25, 0.3) is 0 Å². The monoisotopic (exact) mass is 599 g/mol. The second kappa shape index (κ2) is 12.4. The normalized spacial score (nSPS) is 22.6. The summed E-state index contributed by atoms with van der Waals surface area (Å²) in [7, 11) is -6.42. The fraction of sp³-hybridized carbons (Fsp3) is 0.464. The van der Waals surface area contributed by atoms with Crippen LogP contribution in [0.1, 0.15) is 49.3 Å². The molecule has 0 bridgehead atoms. The van der Waals surface area contributed by atoms with Crippen LogP contribution < -0.4 is 5.32 Å². The van der Waals surface area contributed by atoms with Gasteiger partial charge < -0.3 is 4.74 Å². The van der Waals surface area contributed by atoms with Gasteiger partial charge in [-0.2, -0.15) is 19.1 Å². The minimum atomic E-state index is -4.10. The Bertz CT molecular complexity index is 1600. The van der Waals surface area contributed by atoms with Crippen molar-refractivity contribution in [2.45, 2.75) is 60.6 Å². The molecule has 0 aromatic heterocycles. The van der Waals surface area contributed by atoms with E-state index < -0.39 is 31.8 Å². The molecule has 0 aliphatic carbocycles. The first kappa shape index (κ1) is 30.8. The highest BCUT2D eigenvalue weighted by Crippen LogP contribution is 2.35. The van der Waals surface area contributed by atoms with Gasteiger partial charge in [0.25, 0.3) is 0 Å². The molecule has 2 unspecified atom stereocenters. The number of ether oxygens (including phenoxy) is 1. The average Bonchev–Trinajstić information content (AvgIpc) is 2.97. The van der Waals surface area contributed by atoms with E-state index in [4.69, 9.17) is 4.74 Å². The Balaban J connectivity index is 1.75. The molecule has 13 heteroatoms. The topological polar surface area (TPSA) is 161 Å². The first-order valence-corrected chi connectivity index (χ1v) is 16.3. The van der Waals surface area contributed by atoms with E-state index in [0.29, 0.717) is 18.6 Å². The van der Waals surface area contributed by atoms with Crippen LogP contribution in [0.3, 0.4) is 0 Å². The van der Waals surface area contributed by atoms with Crippen molar-refractivity contribution in [2.24, 2.45) is 0 Å². The van der Waals surface area contributed by atoms with Gasteiger partial charge in [-0.1, -0.05) is 18.2 Å². The van der Waals surface area contributed by atoms with Gasteiger partial charge in [0.1, 0.15) is 28.5 Å². The summed E-state index contributed by atoms with van der Waals surface area (Å²) in [5, 5.41) is 22.5. The summed E-state index contributed by atoms with van der Waals surface area (Å²) in [5.74, 6) is -0.00964. The van der Waals surface area contributed by atoms with Crippen LogP contribution in [0.5, 0.6) is 0 Å². The van der Waals surface area contributed by atoms with Crippen LogP contribution in [0, 0.1) is 22.7 Å². The number of Topliss-reactive ketones (excluding diaryl/α,β-unsaturated/α-hetero) is 1. The number of nitrogens with zero attached hydrogens (tertiary/aromatic N) is 4. The van der Waals surface area contributed by atoms with E-state index in [9.17, 15) is 32.2 Å². The maximum atomic E-state index is 13.9. The summed E-state index contributed by atoms with van der Waals surface area (Å²) in [4.78, 5) is 11.4. The van der Waals surface area contributed by atoms with Gasteiger partial charge in [-0.05, 0) is 50.2 Å². The fourth-order valence-corrected chi connectivity index (χ4v) is 8.95. The molecule has 2 aliphatic rings. The molecule has 0 radical (unpaired) electrons. The van der Waals surface area contributed by atoms with Crippen molar-refractivity contribution in [1.29, 1.82) is 10.5 Å². The Morgan fingerprint density at radius 1 is 0.976 bits per heavy atom. The van der Waals surface area contributed by atoms with Crippen molar-refractivity contribution in [2.75, 3.05) is 33.3 Å². The lowest BCUT2D eigenvalue weighted by molar-refractivity contribution is -0.120. The van der Waals surface area contributed by atoms with Gasteiger partial charge in [0.05, 0.1) is 16.0 Å². The maximum absolute atomic E-state index is 13.9. The molecule has 2 aliphatic heterocycles. The highest BCUT2D eigenvalue weighted by atomic mass is 32.2. The Morgan fingerprint density at radius 3 is 2.27 bits per heavy atom. The van der Waals surface area contributed by atoms with E-state index in [1.165, 1.54) is 32.9 Å². The summed E-state index contributed by atoms with van der Waals surface area (Å²) in [5.41, 5.74) is -0.270. The largest absolute Gasteiger partial charge is 0.361 e. The van der Waals surface area contributed by atoms with E-state index in [-0.39, 0.29) is 72.0 Å². The maximum Gasteiger partial charge on any atom is 0.244 e. The number of rotatable bonds is 9. The van der Waals surface area contributed by atoms with Gasteiger partial charge in [-0.15, -0.1) is 0 Å². The summed E-state index contributed by atoms with van der Waals surface area (Å²) in [6.07, 6.45) is 0.994. The summed E-state index contributed by atoms with van der Waals surface area (Å²) in [6, 6.07) is 13.8. The Kier molecular flexibility index (Phi) is 9.29. The predicted molar refractivity (Wildman–Crippen MR) is 149 cm³/mol. The molecule has 0 spiro atoms. The van der Waals surface area contributed by atoms with Crippen molar-refractivity contribution in [3.05, 3.63) is 59.2 Å². The lowest BCUT2D eigenvalue weighted by atomic mass is 9.91. The molecule has 2 heterocycles. The lowest BCUT2D eigenvalue weighted by Gasteiger charge is -2.45. The van der Waals surface area contributed by atoms with Crippen LogP contribution in [0.2, 0.25) is 0 Å². The molecule has 2 aromatic carbocycles. The summed E-state index contributed by atoms with van der Waals surface area (Å²) in [6.45, 7) is 2.45. The number of nitriles is 2. The van der Waals surface area contributed by atoms with Crippen molar-refractivity contribution < 1.29 is 26.4 Å². The minimum absolute atomic E-state index is 0.00964. The van der Waals surface area contributed by atoms with E-state index in [1.807, 2.05) is 19.1 Å². The van der Waals surface area contributed by atoms with Crippen LogP contribution >= 0.6 is 0 Å². The zero-order valence-corrected chi connectivity index (χ0v) is 24.7. The zero-order chi connectivity index (χ0) is 29.8. The Labute approximate surface area is 241 Å². The Morgan fingerprint density at radius 2 is 1.63 bits per heavy atom. The molecule has 0 saturated carbocycles. The quantitative estimate of drug-likeness (QED) is 0.426. The third kappa shape index (κ3) is 6.21. The molecule has 0 amide bonds. The lowest BCUT2D eigenvalue weighted by Crippen LogP contribution is -2.59. The molecule has 2 atom stereocenters. The fourth-order valence-electron chi connectivity index (χ4n) is 5.55. The van der Waals surface area contributed by atoms with E-state index in [0.717, 1.165) is 0 Å². The van der Waals surface area contributed by atoms with Gasteiger partial charge in [0, 0.05) is 58.0 Å². The average molecular weight is 600 g/mol. The molecule has 2 aromatic rings. The third-order valence-electron chi connectivity index (χ3n) is 7.71. The Hall–Kier alpha value is -3.17. The van der Waals surface area contributed by atoms with Gasteiger partial charge in [-0.25, -0.2) is 16.8 Å². The van der Waals surface area contributed by atoms with Crippen LogP contribution in [-0.4, -0.2) is 76.3 Å². The minimum Gasteiger partial charge on any atom is -0.361 e. The number of piperidine rings is 2. The molecule has 2 saturated heterocycles. The number of hydrogen-bond acceptors (Lipinski definition) is 9. The molecule has 218 valence electrons.